The van der Waals surface area contributed by atoms with Gasteiger partial charge in [-0.15, -0.1) is 0 Å². The van der Waals surface area contributed by atoms with Crippen molar-refractivity contribution in [3.63, 3.8) is 0 Å². The van der Waals surface area contributed by atoms with Gasteiger partial charge in [0.25, 0.3) is 10.0 Å². The molecule has 0 aliphatic heterocycles. The van der Waals surface area contributed by atoms with Gasteiger partial charge in [0.15, 0.2) is 0 Å². The summed E-state index contributed by atoms with van der Waals surface area (Å²) in [7, 11) is -4.29. The number of nitrogens with one attached hydrogen (secondary N) is 1. The monoisotopic (exact) mass is 486 g/mol. The lowest BCUT2D eigenvalue weighted by Crippen LogP contribution is -2.50. The molecule has 2 aromatic carbocycles. The second-order valence-corrected chi connectivity index (χ2v) is 10.4. The van der Waals surface area contributed by atoms with Crippen molar-refractivity contribution in [2.24, 2.45) is 0 Å². The minimum absolute atomic E-state index is 0.0262. The van der Waals surface area contributed by atoms with Crippen molar-refractivity contribution in [3.05, 3.63) is 58.3 Å². The molecule has 5 nitrogen and oxygen atoms in total. The van der Waals surface area contributed by atoms with Gasteiger partial charge < -0.3 is 5.32 Å². The Balaban J connectivity index is 1.99. The molecule has 0 radical (unpaired) electrons. The fourth-order valence-corrected chi connectivity index (χ4v) is 5.68. The summed E-state index contributed by atoms with van der Waals surface area (Å²) in [6, 6.07) is 7.89. The molecule has 1 aliphatic carbocycles. The van der Waals surface area contributed by atoms with Gasteiger partial charge in [0.05, 0.1) is 10.6 Å². The number of anilines is 1. The summed E-state index contributed by atoms with van der Waals surface area (Å²) in [5.74, 6) is -1.28. The Bertz CT molecular complexity index is 1020. The summed E-state index contributed by atoms with van der Waals surface area (Å²) in [5, 5.41) is 3.47. The van der Waals surface area contributed by atoms with Crippen LogP contribution in [-0.4, -0.2) is 26.4 Å². The van der Waals surface area contributed by atoms with Crippen LogP contribution in [0.4, 0.5) is 10.1 Å². The molecule has 1 N–H and O–H groups in total. The molecular formula is C22H25Cl2FN2O3S. The van der Waals surface area contributed by atoms with Crippen molar-refractivity contribution in [1.82, 2.24) is 5.32 Å². The van der Waals surface area contributed by atoms with Gasteiger partial charge in [-0.3, -0.25) is 9.10 Å². The van der Waals surface area contributed by atoms with Crippen LogP contribution in [0.5, 0.6) is 0 Å². The Morgan fingerprint density at radius 1 is 1.03 bits per heavy atom. The van der Waals surface area contributed by atoms with Gasteiger partial charge >= 0.3 is 0 Å². The van der Waals surface area contributed by atoms with E-state index in [2.05, 4.69) is 5.32 Å². The van der Waals surface area contributed by atoms with E-state index in [1.807, 2.05) is 0 Å². The average molecular weight is 487 g/mol. The van der Waals surface area contributed by atoms with Gasteiger partial charge in [-0.25, -0.2) is 12.8 Å². The highest BCUT2D eigenvalue weighted by molar-refractivity contribution is 7.93. The SMILES string of the molecule is C[C@H](C(=O)NC1CCCCCC1)N(c1cc(Cl)ccc1F)S(=O)(=O)c1ccc(Cl)cc1. The van der Waals surface area contributed by atoms with Crippen LogP contribution in [0, 0.1) is 5.82 Å². The van der Waals surface area contributed by atoms with Gasteiger partial charge in [0, 0.05) is 16.1 Å². The zero-order chi connectivity index (χ0) is 22.6. The molecule has 1 amide bonds. The number of amides is 1. The van der Waals surface area contributed by atoms with Crippen LogP contribution in [0.1, 0.15) is 45.4 Å². The number of halogens is 3. The second-order valence-electron chi connectivity index (χ2n) is 7.72. The first-order valence-corrected chi connectivity index (χ1v) is 12.4. The minimum Gasteiger partial charge on any atom is -0.352 e. The van der Waals surface area contributed by atoms with Crippen molar-refractivity contribution in [2.45, 2.75) is 62.4 Å². The molecule has 9 heteroatoms. The Morgan fingerprint density at radius 2 is 1.61 bits per heavy atom. The zero-order valence-corrected chi connectivity index (χ0v) is 19.5. The maximum atomic E-state index is 14.7. The van der Waals surface area contributed by atoms with Crippen molar-refractivity contribution in [2.75, 3.05) is 4.31 Å². The maximum absolute atomic E-state index is 14.7. The molecule has 31 heavy (non-hydrogen) atoms. The first-order chi connectivity index (χ1) is 14.7. The van der Waals surface area contributed by atoms with E-state index in [0.717, 1.165) is 48.9 Å². The molecule has 0 heterocycles. The van der Waals surface area contributed by atoms with Crippen molar-refractivity contribution in [1.29, 1.82) is 0 Å². The van der Waals surface area contributed by atoms with E-state index in [1.165, 1.54) is 43.3 Å². The molecule has 1 fully saturated rings. The molecule has 0 saturated heterocycles. The third kappa shape index (κ3) is 5.70. The Labute approximate surface area is 192 Å². The largest absolute Gasteiger partial charge is 0.352 e. The van der Waals surface area contributed by atoms with E-state index in [1.54, 1.807) is 0 Å². The first kappa shape index (κ1) is 23.8. The van der Waals surface area contributed by atoms with Crippen LogP contribution in [0.3, 0.4) is 0 Å². The lowest BCUT2D eigenvalue weighted by atomic mass is 10.1. The second kappa shape index (κ2) is 10.2. The molecule has 0 spiro atoms. The van der Waals surface area contributed by atoms with Gasteiger partial charge in [-0.05, 0) is 62.2 Å². The molecular weight excluding hydrogens is 462 g/mol. The highest BCUT2D eigenvalue weighted by Crippen LogP contribution is 2.31. The summed E-state index contributed by atoms with van der Waals surface area (Å²) in [6.07, 6.45) is 5.94. The van der Waals surface area contributed by atoms with Gasteiger partial charge in [0.1, 0.15) is 11.9 Å². The lowest BCUT2D eigenvalue weighted by molar-refractivity contribution is -0.122. The van der Waals surface area contributed by atoms with Crippen molar-refractivity contribution >= 4 is 44.8 Å². The number of hydrogen-bond donors (Lipinski definition) is 1. The standard InChI is InChI=1S/C22H25Cl2FN2O3S/c1-15(22(28)26-18-6-4-2-3-5-7-18)27(21-14-17(24)10-13-20(21)25)31(29,30)19-11-8-16(23)9-12-19/h8-15,18H,2-7H2,1H3,(H,26,28)/t15-/m1/s1. The van der Waals surface area contributed by atoms with Crippen molar-refractivity contribution in [3.8, 4) is 0 Å². The summed E-state index contributed by atoms with van der Waals surface area (Å²) in [6.45, 7) is 1.44. The molecule has 1 aliphatic rings. The summed E-state index contributed by atoms with van der Waals surface area (Å²) in [4.78, 5) is 13.0. The number of sulfonamides is 1. The fraction of sp³-hybridized carbons (Fsp3) is 0.409. The summed E-state index contributed by atoms with van der Waals surface area (Å²) >= 11 is 11.9. The molecule has 0 bridgehead atoms. The average Bonchev–Trinajstić information content (AvgIpc) is 2.99. The smallest absolute Gasteiger partial charge is 0.265 e. The molecule has 2 aromatic rings. The number of carbonyl (C=O) groups excluding carboxylic acids is 1. The molecule has 0 aromatic heterocycles. The van der Waals surface area contributed by atoms with Crippen molar-refractivity contribution < 1.29 is 17.6 Å². The maximum Gasteiger partial charge on any atom is 0.265 e. The highest BCUT2D eigenvalue weighted by Gasteiger charge is 2.36. The molecule has 0 unspecified atom stereocenters. The third-order valence-electron chi connectivity index (χ3n) is 5.45. The number of rotatable bonds is 6. The Hall–Kier alpha value is -1.83. The number of hydrogen-bond acceptors (Lipinski definition) is 3. The zero-order valence-electron chi connectivity index (χ0n) is 17.2. The molecule has 1 atom stereocenters. The summed E-state index contributed by atoms with van der Waals surface area (Å²) < 4.78 is 42.5. The lowest BCUT2D eigenvalue weighted by Gasteiger charge is -2.31. The minimum atomic E-state index is -4.29. The van der Waals surface area contributed by atoms with E-state index in [4.69, 9.17) is 23.2 Å². The number of benzene rings is 2. The van der Waals surface area contributed by atoms with E-state index in [0.29, 0.717) is 5.02 Å². The van der Waals surface area contributed by atoms with Crippen LogP contribution < -0.4 is 9.62 Å². The predicted octanol–water partition coefficient (Wildman–Crippen LogP) is 5.56. The predicted molar refractivity (Wildman–Crippen MR) is 122 cm³/mol. The van der Waals surface area contributed by atoms with Crippen LogP contribution >= 0.6 is 23.2 Å². The topological polar surface area (TPSA) is 66.5 Å². The van der Waals surface area contributed by atoms with E-state index in [-0.39, 0.29) is 21.6 Å². The third-order valence-corrected chi connectivity index (χ3v) is 7.83. The number of nitrogens with zero attached hydrogens (tertiary/aromatic N) is 1. The van der Waals surface area contributed by atoms with Crippen LogP contribution in [-0.2, 0) is 14.8 Å². The molecule has 1 saturated carbocycles. The Kier molecular flexibility index (Phi) is 7.83. The van der Waals surface area contributed by atoms with E-state index < -0.39 is 27.8 Å². The first-order valence-electron chi connectivity index (χ1n) is 10.3. The molecule has 168 valence electrons. The summed E-state index contributed by atoms with van der Waals surface area (Å²) in [5.41, 5.74) is -0.286. The van der Waals surface area contributed by atoms with Gasteiger partial charge in [-0.2, -0.15) is 0 Å². The van der Waals surface area contributed by atoms with Crippen LogP contribution in [0.15, 0.2) is 47.4 Å². The quantitative estimate of drug-likeness (QED) is 0.543. The van der Waals surface area contributed by atoms with Crippen LogP contribution in [0.2, 0.25) is 10.0 Å². The van der Waals surface area contributed by atoms with Gasteiger partial charge in [-0.1, -0.05) is 48.9 Å². The van der Waals surface area contributed by atoms with E-state index in [9.17, 15) is 17.6 Å². The van der Waals surface area contributed by atoms with Crippen LogP contribution in [0.25, 0.3) is 0 Å². The molecule has 3 rings (SSSR count). The number of carbonyl (C=O) groups is 1. The normalized spacial score (nSPS) is 16.4. The Morgan fingerprint density at radius 3 is 2.23 bits per heavy atom. The highest BCUT2D eigenvalue weighted by atomic mass is 35.5. The van der Waals surface area contributed by atoms with E-state index >= 15 is 0 Å². The van der Waals surface area contributed by atoms with Gasteiger partial charge in [0.2, 0.25) is 5.91 Å². The fourth-order valence-electron chi connectivity index (χ4n) is 3.77.